The predicted octanol–water partition coefficient (Wildman–Crippen LogP) is 3.08. The molecule has 3 heteroatoms. The zero-order valence-corrected chi connectivity index (χ0v) is 12.5. The molecule has 1 aromatic carbocycles. The van der Waals surface area contributed by atoms with E-state index in [9.17, 15) is 5.11 Å². The minimum absolute atomic E-state index is 0.290. The SMILES string of the molecule is CC(C)CCSc1ccc(CC(C)(O)CN)cc1. The second-order valence-corrected chi connectivity index (χ2v) is 6.72. The molecule has 3 N–H and O–H groups in total. The van der Waals surface area contributed by atoms with Crippen LogP contribution in [0.25, 0.3) is 0 Å². The van der Waals surface area contributed by atoms with E-state index in [-0.39, 0.29) is 6.54 Å². The van der Waals surface area contributed by atoms with Crippen molar-refractivity contribution in [2.24, 2.45) is 11.7 Å². The molecule has 0 radical (unpaired) electrons. The molecule has 102 valence electrons. The van der Waals surface area contributed by atoms with E-state index >= 15 is 0 Å². The average molecular weight is 267 g/mol. The zero-order valence-electron chi connectivity index (χ0n) is 11.6. The van der Waals surface area contributed by atoms with Gasteiger partial charge in [0.1, 0.15) is 0 Å². The molecule has 1 aromatic rings. The fourth-order valence-electron chi connectivity index (χ4n) is 1.63. The van der Waals surface area contributed by atoms with Gasteiger partial charge >= 0.3 is 0 Å². The summed E-state index contributed by atoms with van der Waals surface area (Å²) in [5.74, 6) is 1.92. The monoisotopic (exact) mass is 267 g/mol. The Kier molecular flexibility index (Phi) is 6.19. The van der Waals surface area contributed by atoms with Crippen molar-refractivity contribution >= 4 is 11.8 Å². The Balaban J connectivity index is 2.47. The van der Waals surface area contributed by atoms with Gasteiger partial charge in [0.15, 0.2) is 0 Å². The lowest BCUT2D eigenvalue weighted by molar-refractivity contribution is 0.0696. The van der Waals surface area contributed by atoms with E-state index < -0.39 is 5.60 Å². The summed E-state index contributed by atoms with van der Waals surface area (Å²) >= 11 is 1.89. The van der Waals surface area contributed by atoms with Gasteiger partial charge in [-0.3, -0.25) is 0 Å². The molecule has 0 saturated heterocycles. The molecule has 0 aromatic heterocycles. The number of hydrogen-bond acceptors (Lipinski definition) is 3. The minimum Gasteiger partial charge on any atom is -0.389 e. The van der Waals surface area contributed by atoms with Gasteiger partial charge in [0.05, 0.1) is 5.60 Å². The van der Waals surface area contributed by atoms with Crippen LogP contribution in [0.1, 0.15) is 32.8 Å². The first-order valence-corrected chi connectivity index (χ1v) is 7.56. The van der Waals surface area contributed by atoms with E-state index in [1.54, 1.807) is 6.92 Å². The average Bonchev–Trinajstić information content (AvgIpc) is 2.31. The maximum atomic E-state index is 9.92. The quantitative estimate of drug-likeness (QED) is 0.746. The summed E-state index contributed by atoms with van der Waals surface area (Å²) in [4.78, 5) is 1.30. The van der Waals surface area contributed by atoms with Crippen molar-refractivity contribution in [1.29, 1.82) is 0 Å². The highest BCUT2D eigenvalue weighted by Gasteiger charge is 2.18. The second kappa shape index (κ2) is 7.17. The van der Waals surface area contributed by atoms with Crippen LogP contribution >= 0.6 is 11.8 Å². The molecule has 0 heterocycles. The molecule has 0 saturated carbocycles. The van der Waals surface area contributed by atoms with Gasteiger partial charge < -0.3 is 10.8 Å². The van der Waals surface area contributed by atoms with Crippen molar-refractivity contribution in [3.63, 3.8) is 0 Å². The maximum Gasteiger partial charge on any atom is 0.0781 e. The predicted molar refractivity (Wildman–Crippen MR) is 80.0 cm³/mol. The lowest BCUT2D eigenvalue weighted by Crippen LogP contribution is -2.36. The number of aliphatic hydroxyl groups is 1. The van der Waals surface area contributed by atoms with E-state index in [1.807, 2.05) is 11.8 Å². The van der Waals surface area contributed by atoms with E-state index in [1.165, 1.54) is 11.3 Å². The molecule has 0 aliphatic rings. The van der Waals surface area contributed by atoms with Crippen LogP contribution in [0.4, 0.5) is 0 Å². The summed E-state index contributed by atoms with van der Waals surface area (Å²) in [6.45, 7) is 6.56. The van der Waals surface area contributed by atoms with Crippen LogP contribution in [0.2, 0.25) is 0 Å². The lowest BCUT2D eigenvalue weighted by Gasteiger charge is -2.20. The van der Waals surface area contributed by atoms with Gasteiger partial charge in [0.25, 0.3) is 0 Å². The summed E-state index contributed by atoms with van der Waals surface area (Å²) < 4.78 is 0. The Bertz CT molecular complexity index is 346. The Morgan fingerprint density at radius 2 is 1.89 bits per heavy atom. The second-order valence-electron chi connectivity index (χ2n) is 5.55. The molecule has 1 atom stereocenters. The van der Waals surface area contributed by atoms with Crippen molar-refractivity contribution < 1.29 is 5.11 Å². The van der Waals surface area contributed by atoms with Crippen molar-refractivity contribution in [2.45, 2.75) is 44.1 Å². The lowest BCUT2D eigenvalue weighted by atomic mass is 9.97. The van der Waals surface area contributed by atoms with Crippen LogP contribution in [-0.4, -0.2) is 23.0 Å². The highest BCUT2D eigenvalue weighted by molar-refractivity contribution is 7.99. The zero-order chi connectivity index (χ0) is 13.6. The Labute approximate surface area is 115 Å². The Morgan fingerprint density at radius 1 is 1.28 bits per heavy atom. The molecule has 1 unspecified atom stereocenters. The van der Waals surface area contributed by atoms with Crippen LogP contribution in [0, 0.1) is 5.92 Å². The number of rotatable bonds is 7. The summed E-state index contributed by atoms with van der Waals surface area (Å²) in [5, 5.41) is 9.92. The van der Waals surface area contributed by atoms with Crippen LogP contribution in [-0.2, 0) is 6.42 Å². The molecule has 0 aliphatic carbocycles. The highest BCUT2D eigenvalue weighted by Crippen LogP contribution is 2.22. The van der Waals surface area contributed by atoms with Crippen molar-refractivity contribution in [1.82, 2.24) is 0 Å². The number of hydrogen-bond donors (Lipinski definition) is 2. The first-order valence-electron chi connectivity index (χ1n) is 6.57. The molecule has 0 fully saturated rings. The smallest absolute Gasteiger partial charge is 0.0781 e. The fraction of sp³-hybridized carbons (Fsp3) is 0.600. The molecule has 0 amide bonds. The number of nitrogens with two attached hydrogens (primary N) is 1. The summed E-state index contributed by atoms with van der Waals surface area (Å²) in [5.41, 5.74) is 5.86. The van der Waals surface area contributed by atoms with Crippen LogP contribution in [0.3, 0.4) is 0 Å². The summed E-state index contributed by atoms with van der Waals surface area (Å²) in [6, 6.07) is 8.43. The highest BCUT2D eigenvalue weighted by atomic mass is 32.2. The van der Waals surface area contributed by atoms with E-state index in [0.717, 1.165) is 17.2 Å². The largest absolute Gasteiger partial charge is 0.389 e. The van der Waals surface area contributed by atoms with Gasteiger partial charge in [-0.15, -0.1) is 11.8 Å². The molecular formula is C15H25NOS. The van der Waals surface area contributed by atoms with Gasteiger partial charge in [-0.05, 0) is 42.7 Å². The molecule has 0 bridgehead atoms. The van der Waals surface area contributed by atoms with Gasteiger partial charge in [-0.25, -0.2) is 0 Å². The Hall–Kier alpha value is -0.510. The van der Waals surface area contributed by atoms with E-state index in [4.69, 9.17) is 5.73 Å². The molecule has 18 heavy (non-hydrogen) atoms. The van der Waals surface area contributed by atoms with Gasteiger partial charge in [0.2, 0.25) is 0 Å². The Morgan fingerprint density at radius 3 is 2.39 bits per heavy atom. The van der Waals surface area contributed by atoms with E-state index in [0.29, 0.717) is 6.42 Å². The van der Waals surface area contributed by atoms with Crippen LogP contribution in [0.15, 0.2) is 29.2 Å². The normalized spacial score (nSPS) is 14.8. The molecule has 2 nitrogen and oxygen atoms in total. The van der Waals surface area contributed by atoms with Gasteiger partial charge in [0, 0.05) is 17.9 Å². The fourth-order valence-corrected chi connectivity index (χ4v) is 2.78. The third kappa shape index (κ3) is 5.89. The van der Waals surface area contributed by atoms with Crippen LogP contribution < -0.4 is 5.73 Å². The van der Waals surface area contributed by atoms with Gasteiger partial charge in [-0.2, -0.15) is 0 Å². The molecule has 1 rings (SSSR count). The summed E-state index contributed by atoms with van der Waals surface area (Å²) in [7, 11) is 0. The van der Waals surface area contributed by atoms with Crippen molar-refractivity contribution in [3.8, 4) is 0 Å². The van der Waals surface area contributed by atoms with Crippen LogP contribution in [0.5, 0.6) is 0 Å². The number of benzene rings is 1. The summed E-state index contributed by atoms with van der Waals surface area (Å²) in [6.07, 6.45) is 1.86. The van der Waals surface area contributed by atoms with Crippen molar-refractivity contribution in [3.05, 3.63) is 29.8 Å². The standard InChI is InChI=1S/C15H25NOS/c1-12(2)8-9-18-14-6-4-13(5-7-14)10-15(3,17)11-16/h4-7,12,17H,8-11,16H2,1-3H3. The minimum atomic E-state index is -0.799. The first kappa shape index (κ1) is 15.5. The topological polar surface area (TPSA) is 46.2 Å². The third-order valence-corrected chi connectivity index (χ3v) is 3.96. The number of thioether (sulfide) groups is 1. The van der Waals surface area contributed by atoms with Gasteiger partial charge in [-0.1, -0.05) is 26.0 Å². The maximum absolute atomic E-state index is 9.92. The van der Waals surface area contributed by atoms with Crippen molar-refractivity contribution in [2.75, 3.05) is 12.3 Å². The molecule has 0 aliphatic heterocycles. The third-order valence-electron chi connectivity index (χ3n) is 2.91. The molecular weight excluding hydrogens is 242 g/mol. The molecule has 0 spiro atoms. The van der Waals surface area contributed by atoms with E-state index in [2.05, 4.69) is 38.1 Å². The first-order chi connectivity index (χ1) is 8.43.